The zero-order chi connectivity index (χ0) is 16.5. The molecule has 0 radical (unpaired) electrons. The van der Waals surface area contributed by atoms with Gasteiger partial charge >= 0.3 is 0 Å². The van der Waals surface area contributed by atoms with Crippen molar-refractivity contribution in [2.45, 2.75) is 77.2 Å². The highest BCUT2D eigenvalue weighted by atomic mass is 16.3. The summed E-state index contributed by atoms with van der Waals surface area (Å²) in [6.45, 7) is 2.56. The topological polar surface area (TPSA) is 37.3 Å². The van der Waals surface area contributed by atoms with Crippen LogP contribution in [0.1, 0.15) is 71.1 Å². The van der Waals surface area contributed by atoms with E-state index in [2.05, 4.69) is 13.0 Å². The van der Waals surface area contributed by atoms with E-state index < -0.39 is 0 Å². The zero-order valence-corrected chi connectivity index (χ0v) is 15.0. The van der Waals surface area contributed by atoms with E-state index in [1.807, 2.05) is 6.08 Å². The highest BCUT2D eigenvalue weighted by Gasteiger charge is 2.61. The Morgan fingerprint density at radius 2 is 1.83 bits per heavy atom. The molecule has 0 amide bonds. The number of aliphatic hydroxyl groups is 1. The van der Waals surface area contributed by atoms with Crippen molar-refractivity contribution in [3.8, 4) is 0 Å². The van der Waals surface area contributed by atoms with Gasteiger partial charge in [0.05, 0.1) is 6.10 Å². The van der Waals surface area contributed by atoms with Crippen LogP contribution in [0.25, 0.3) is 0 Å². The Hall–Kier alpha value is -0.630. The number of carbonyl (C=O) groups is 1. The molecule has 0 heterocycles. The molecule has 0 aromatic carbocycles. The second-order valence-corrected chi connectivity index (χ2v) is 10.0. The Balaban J connectivity index is 1.47. The first kappa shape index (κ1) is 15.6. The number of hydrogen-bond acceptors (Lipinski definition) is 2. The van der Waals surface area contributed by atoms with Gasteiger partial charge in [-0.2, -0.15) is 0 Å². The van der Waals surface area contributed by atoms with Crippen LogP contribution in [0.4, 0.5) is 0 Å². The summed E-state index contributed by atoms with van der Waals surface area (Å²) < 4.78 is 0. The van der Waals surface area contributed by atoms with E-state index in [1.54, 1.807) is 0 Å². The Morgan fingerprint density at radius 3 is 2.71 bits per heavy atom. The summed E-state index contributed by atoms with van der Waals surface area (Å²) in [5.41, 5.74) is 0.836. The summed E-state index contributed by atoms with van der Waals surface area (Å²) in [7, 11) is 0. The minimum absolute atomic E-state index is 0.0438. The highest BCUT2D eigenvalue weighted by Crippen LogP contribution is 2.68. The van der Waals surface area contributed by atoms with Gasteiger partial charge < -0.3 is 5.11 Å². The number of carbonyl (C=O) groups excluding carboxylic acids is 1. The van der Waals surface area contributed by atoms with Gasteiger partial charge in [-0.3, -0.25) is 4.79 Å². The molecule has 4 fully saturated rings. The first-order valence-electron chi connectivity index (χ1n) is 10.4. The lowest BCUT2D eigenvalue weighted by molar-refractivity contribution is -0.127. The summed E-state index contributed by atoms with van der Waals surface area (Å²) in [6.07, 6.45) is 16.4. The molecule has 2 heteroatoms. The van der Waals surface area contributed by atoms with Crippen molar-refractivity contribution >= 4 is 5.78 Å². The van der Waals surface area contributed by atoms with Crippen molar-refractivity contribution in [1.82, 2.24) is 0 Å². The lowest BCUT2D eigenvalue weighted by Gasteiger charge is -2.61. The average Bonchev–Trinajstić information content (AvgIpc) is 2.94. The molecule has 0 aromatic heterocycles. The minimum Gasteiger partial charge on any atom is -0.393 e. The van der Waals surface area contributed by atoms with Gasteiger partial charge in [0.2, 0.25) is 0 Å². The molecule has 4 saturated carbocycles. The molecule has 0 aromatic rings. The van der Waals surface area contributed by atoms with Gasteiger partial charge in [-0.15, -0.1) is 0 Å². The fourth-order valence-electron chi connectivity index (χ4n) is 8.26. The predicted octanol–water partition coefficient (Wildman–Crippen LogP) is 4.52. The first-order chi connectivity index (χ1) is 11.5. The van der Waals surface area contributed by atoms with Crippen LogP contribution in [0.2, 0.25) is 0 Å². The van der Waals surface area contributed by atoms with Crippen LogP contribution >= 0.6 is 0 Å². The van der Waals surface area contributed by atoms with Crippen molar-refractivity contribution in [2.24, 2.45) is 40.4 Å². The third-order valence-corrected chi connectivity index (χ3v) is 9.43. The first-order valence-corrected chi connectivity index (χ1v) is 10.4. The summed E-state index contributed by atoms with van der Waals surface area (Å²) in [5.74, 6) is 4.32. The van der Waals surface area contributed by atoms with Crippen LogP contribution in [0.5, 0.6) is 0 Å². The molecule has 1 spiro atoms. The van der Waals surface area contributed by atoms with Crippen LogP contribution in [-0.4, -0.2) is 17.0 Å². The molecule has 5 aliphatic rings. The second-order valence-electron chi connectivity index (χ2n) is 10.0. The fraction of sp³-hybridized carbons (Fsp3) is 0.864. The third-order valence-electron chi connectivity index (χ3n) is 9.43. The van der Waals surface area contributed by atoms with E-state index in [0.29, 0.717) is 22.5 Å². The second kappa shape index (κ2) is 5.19. The van der Waals surface area contributed by atoms with Gasteiger partial charge in [-0.05, 0) is 104 Å². The van der Waals surface area contributed by atoms with Crippen LogP contribution in [0.3, 0.4) is 0 Å². The monoisotopic (exact) mass is 328 g/mol. The Kier molecular flexibility index (Phi) is 3.38. The van der Waals surface area contributed by atoms with Crippen molar-refractivity contribution in [3.05, 3.63) is 12.2 Å². The molecule has 24 heavy (non-hydrogen) atoms. The fourth-order valence-corrected chi connectivity index (χ4v) is 8.26. The van der Waals surface area contributed by atoms with E-state index in [0.717, 1.165) is 42.9 Å². The van der Waals surface area contributed by atoms with Crippen molar-refractivity contribution < 1.29 is 9.90 Å². The Labute approximate surface area is 146 Å². The SMILES string of the molecule is C[C@]12CC[C@@H](O)C[C@H]1CCC1C3CCC4CC(=O)C=CC43CCC12. The summed E-state index contributed by atoms with van der Waals surface area (Å²) in [4.78, 5) is 11.9. The number of allylic oxidation sites excluding steroid dienone is 2. The van der Waals surface area contributed by atoms with Crippen LogP contribution in [0, 0.1) is 40.4 Å². The summed E-state index contributed by atoms with van der Waals surface area (Å²) >= 11 is 0. The molecule has 8 atom stereocenters. The van der Waals surface area contributed by atoms with Crippen LogP contribution in [-0.2, 0) is 4.79 Å². The van der Waals surface area contributed by atoms with Gasteiger partial charge in [-0.25, -0.2) is 0 Å². The molecule has 0 aliphatic heterocycles. The van der Waals surface area contributed by atoms with Gasteiger partial charge in [0.1, 0.15) is 0 Å². The van der Waals surface area contributed by atoms with Gasteiger partial charge in [-0.1, -0.05) is 13.0 Å². The maximum atomic E-state index is 11.9. The molecule has 5 unspecified atom stereocenters. The van der Waals surface area contributed by atoms with Crippen LogP contribution < -0.4 is 0 Å². The summed E-state index contributed by atoms with van der Waals surface area (Å²) in [6, 6.07) is 0. The normalized spacial score (nSPS) is 56.2. The molecule has 5 aliphatic carbocycles. The molecule has 1 N–H and O–H groups in total. The molecular formula is C22H32O2. The smallest absolute Gasteiger partial charge is 0.155 e. The number of rotatable bonds is 0. The van der Waals surface area contributed by atoms with E-state index in [-0.39, 0.29) is 6.10 Å². The number of hydrogen-bond donors (Lipinski definition) is 1. The van der Waals surface area contributed by atoms with Gasteiger partial charge in [0.15, 0.2) is 5.78 Å². The van der Waals surface area contributed by atoms with E-state index in [1.165, 1.54) is 44.9 Å². The quantitative estimate of drug-likeness (QED) is 0.710. The molecule has 2 nitrogen and oxygen atoms in total. The van der Waals surface area contributed by atoms with E-state index in [9.17, 15) is 9.90 Å². The van der Waals surface area contributed by atoms with Gasteiger partial charge in [0.25, 0.3) is 0 Å². The predicted molar refractivity (Wildman–Crippen MR) is 94.3 cm³/mol. The number of aliphatic hydroxyl groups excluding tert-OH is 1. The zero-order valence-electron chi connectivity index (χ0n) is 15.0. The number of fused-ring (bicyclic) bond motifs is 4. The maximum absolute atomic E-state index is 11.9. The standard InChI is InChI=1S/C22H32O2/c1-21-9-6-16(23)12-14(21)2-4-18-19(21)8-11-22-10-7-17(24)13-15(22)3-5-20(18)22/h7,10,14-16,18-20,23H,2-6,8-9,11-13H2,1H3/t14-,15?,16-,18?,19?,20?,21+,22?/m1/s1. The van der Waals surface area contributed by atoms with E-state index in [4.69, 9.17) is 0 Å². The lowest BCUT2D eigenvalue weighted by Crippen LogP contribution is -2.54. The lowest BCUT2D eigenvalue weighted by atomic mass is 9.44. The molecule has 132 valence electrons. The third kappa shape index (κ3) is 1.95. The van der Waals surface area contributed by atoms with Crippen LogP contribution in [0.15, 0.2) is 12.2 Å². The molecular weight excluding hydrogens is 296 g/mol. The highest BCUT2D eigenvalue weighted by molar-refractivity contribution is 5.91. The van der Waals surface area contributed by atoms with E-state index >= 15 is 0 Å². The van der Waals surface area contributed by atoms with Gasteiger partial charge in [0, 0.05) is 6.42 Å². The number of ketones is 1. The maximum Gasteiger partial charge on any atom is 0.155 e. The molecule has 5 rings (SSSR count). The Morgan fingerprint density at radius 1 is 1.00 bits per heavy atom. The summed E-state index contributed by atoms with van der Waals surface area (Å²) in [5, 5.41) is 10.1. The van der Waals surface area contributed by atoms with Crippen molar-refractivity contribution in [2.75, 3.05) is 0 Å². The van der Waals surface area contributed by atoms with Crippen molar-refractivity contribution in [1.29, 1.82) is 0 Å². The largest absolute Gasteiger partial charge is 0.393 e. The Bertz CT molecular complexity index is 581. The molecule has 0 bridgehead atoms. The minimum atomic E-state index is -0.0438. The molecule has 0 saturated heterocycles. The van der Waals surface area contributed by atoms with Crippen molar-refractivity contribution in [3.63, 3.8) is 0 Å². The average molecular weight is 328 g/mol.